The molecule has 0 aromatic heterocycles. The number of nitrogens with one attached hydrogen (secondary N) is 2. The molecule has 8 nitrogen and oxygen atoms in total. The molecule has 0 radical (unpaired) electrons. The number of carbonyl (C=O) groups excluding carboxylic acids is 2. The second kappa shape index (κ2) is 8.09. The van der Waals surface area contributed by atoms with Gasteiger partial charge >= 0.3 is 5.97 Å². The molecule has 0 spiro atoms. The van der Waals surface area contributed by atoms with Crippen LogP contribution in [0, 0.1) is 11.3 Å². The molecular formula is C16H19N3O5S. The average molecular weight is 365 g/mol. The fraction of sp³-hybridized carbons (Fsp3) is 0.438. The molecule has 1 saturated carbocycles. The number of amides is 1. The first-order valence-corrected chi connectivity index (χ1v) is 9.30. The molecule has 2 N–H and O–H groups in total. The van der Waals surface area contributed by atoms with E-state index in [4.69, 9.17) is 10.00 Å². The molecule has 9 heteroatoms. The van der Waals surface area contributed by atoms with Crippen molar-refractivity contribution in [1.82, 2.24) is 10.0 Å². The van der Waals surface area contributed by atoms with Gasteiger partial charge in [0.15, 0.2) is 6.10 Å². The van der Waals surface area contributed by atoms with Gasteiger partial charge in [-0.05, 0) is 44.0 Å². The van der Waals surface area contributed by atoms with Gasteiger partial charge in [0.1, 0.15) is 0 Å². The molecule has 1 aliphatic rings. The second-order valence-corrected chi connectivity index (χ2v) is 7.43. The van der Waals surface area contributed by atoms with Gasteiger partial charge in [-0.3, -0.25) is 4.79 Å². The van der Waals surface area contributed by atoms with Crippen LogP contribution in [-0.2, 0) is 19.6 Å². The number of nitrogens with zero attached hydrogens (tertiary/aromatic N) is 1. The molecule has 0 aliphatic heterocycles. The highest BCUT2D eigenvalue weighted by atomic mass is 32.2. The highest BCUT2D eigenvalue weighted by Gasteiger charge is 2.27. The van der Waals surface area contributed by atoms with Crippen LogP contribution in [0.4, 0.5) is 0 Å². The fourth-order valence-corrected chi connectivity index (χ4v) is 2.95. The smallest absolute Gasteiger partial charge is 0.338 e. The van der Waals surface area contributed by atoms with Crippen molar-refractivity contribution in [1.29, 1.82) is 5.26 Å². The summed E-state index contributed by atoms with van der Waals surface area (Å²) in [5, 5.41) is 11.2. The van der Waals surface area contributed by atoms with Crippen LogP contribution < -0.4 is 10.0 Å². The molecule has 1 fully saturated rings. The van der Waals surface area contributed by atoms with Crippen molar-refractivity contribution in [3.05, 3.63) is 29.8 Å². The van der Waals surface area contributed by atoms with Crippen molar-refractivity contribution in [3.8, 4) is 6.07 Å². The number of ether oxygens (including phenoxy) is 1. The molecule has 1 atom stereocenters. The molecule has 0 heterocycles. The number of carbonyl (C=O) groups is 2. The molecule has 0 unspecified atom stereocenters. The summed E-state index contributed by atoms with van der Waals surface area (Å²) in [6, 6.07) is 7.16. The van der Waals surface area contributed by atoms with E-state index in [1.165, 1.54) is 31.2 Å². The lowest BCUT2D eigenvalue weighted by atomic mass is 10.2. The molecule has 0 saturated heterocycles. The Morgan fingerprint density at radius 1 is 1.32 bits per heavy atom. The Morgan fingerprint density at radius 2 is 1.96 bits per heavy atom. The van der Waals surface area contributed by atoms with Crippen molar-refractivity contribution >= 4 is 21.9 Å². The lowest BCUT2D eigenvalue weighted by Gasteiger charge is -2.13. The molecule has 1 aliphatic carbocycles. The Balaban J connectivity index is 1.95. The fourth-order valence-electron chi connectivity index (χ4n) is 1.92. The molecule has 134 valence electrons. The number of hydrogen-bond donors (Lipinski definition) is 2. The summed E-state index contributed by atoms with van der Waals surface area (Å²) in [6.07, 6.45) is 1.00. The van der Waals surface area contributed by atoms with Crippen molar-refractivity contribution in [2.24, 2.45) is 0 Å². The van der Waals surface area contributed by atoms with Gasteiger partial charge in [-0.1, -0.05) is 0 Å². The van der Waals surface area contributed by atoms with Crippen LogP contribution in [0.2, 0.25) is 0 Å². The van der Waals surface area contributed by atoms with Gasteiger partial charge in [-0.2, -0.15) is 5.26 Å². The van der Waals surface area contributed by atoms with E-state index in [1.807, 2.05) is 6.07 Å². The van der Waals surface area contributed by atoms with Gasteiger partial charge < -0.3 is 10.1 Å². The van der Waals surface area contributed by atoms with Crippen molar-refractivity contribution in [3.63, 3.8) is 0 Å². The van der Waals surface area contributed by atoms with E-state index in [1.54, 1.807) is 0 Å². The largest absolute Gasteiger partial charge is 0.449 e. The van der Waals surface area contributed by atoms with E-state index in [2.05, 4.69) is 10.0 Å². The maximum atomic E-state index is 12.0. The molecular weight excluding hydrogens is 346 g/mol. The van der Waals surface area contributed by atoms with Gasteiger partial charge in [-0.25, -0.2) is 17.9 Å². The van der Waals surface area contributed by atoms with Gasteiger partial charge in [0, 0.05) is 19.0 Å². The van der Waals surface area contributed by atoms with Crippen LogP contribution in [-0.4, -0.2) is 39.0 Å². The Labute approximate surface area is 146 Å². The Kier molecular flexibility index (Phi) is 6.12. The first-order valence-electron chi connectivity index (χ1n) is 7.81. The van der Waals surface area contributed by atoms with Crippen molar-refractivity contribution in [2.45, 2.75) is 43.2 Å². The minimum absolute atomic E-state index is 0.0102. The molecule has 25 heavy (non-hydrogen) atoms. The topological polar surface area (TPSA) is 125 Å². The Bertz CT molecular complexity index is 779. The number of nitriles is 1. The number of hydrogen-bond acceptors (Lipinski definition) is 6. The van der Waals surface area contributed by atoms with E-state index >= 15 is 0 Å². The molecule has 1 amide bonds. The third-order valence-electron chi connectivity index (χ3n) is 3.51. The summed E-state index contributed by atoms with van der Waals surface area (Å²) in [5.74, 6) is -1.06. The standard InChI is InChI=1S/C16H19N3O5S/c1-11(15(20)19-13-5-6-13)24-16(21)12-3-7-14(8-4-12)25(22,23)18-10-2-9-17/h3-4,7-8,11,13,18H,2,5-6,10H2,1H3,(H,19,20)/t11-/m1/s1. The summed E-state index contributed by atoms with van der Waals surface area (Å²) in [6.45, 7) is 1.49. The normalized spacial score (nSPS) is 15.0. The molecule has 1 aromatic carbocycles. The lowest BCUT2D eigenvalue weighted by Crippen LogP contribution is -2.37. The highest BCUT2D eigenvalue weighted by Crippen LogP contribution is 2.19. The number of benzene rings is 1. The van der Waals surface area contributed by atoms with Gasteiger partial charge in [0.05, 0.1) is 16.5 Å². The van der Waals surface area contributed by atoms with E-state index in [0.717, 1.165) is 12.8 Å². The summed E-state index contributed by atoms with van der Waals surface area (Å²) in [5.41, 5.74) is 0.141. The summed E-state index contributed by atoms with van der Waals surface area (Å²) in [4.78, 5) is 23.8. The van der Waals surface area contributed by atoms with E-state index in [9.17, 15) is 18.0 Å². The predicted octanol–water partition coefficient (Wildman–Crippen LogP) is 0.702. The summed E-state index contributed by atoms with van der Waals surface area (Å²) in [7, 11) is -3.74. The summed E-state index contributed by atoms with van der Waals surface area (Å²) < 4.78 is 31.3. The Hall–Kier alpha value is -2.44. The molecule has 0 bridgehead atoms. The molecule has 1 aromatic rings. The number of rotatable bonds is 8. The summed E-state index contributed by atoms with van der Waals surface area (Å²) >= 11 is 0. The van der Waals surface area contributed by atoms with Crippen LogP contribution in [0.3, 0.4) is 0 Å². The maximum absolute atomic E-state index is 12.0. The second-order valence-electron chi connectivity index (χ2n) is 5.66. The zero-order valence-electron chi connectivity index (χ0n) is 13.7. The SMILES string of the molecule is C[C@@H](OC(=O)c1ccc(S(=O)(=O)NCCC#N)cc1)C(=O)NC1CC1. The van der Waals surface area contributed by atoms with Gasteiger partial charge in [0.25, 0.3) is 5.91 Å². The monoisotopic (exact) mass is 365 g/mol. The van der Waals surface area contributed by atoms with Crippen molar-refractivity contribution in [2.75, 3.05) is 6.54 Å². The van der Waals surface area contributed by atoms with Crippen LogP contribution >= 0.6 is 0 Å². The minimum atomic E-state index is -3.74. The van der Waals surface area contributed by atoms with Gasteiger partial charge in [-0.15, -0.1) is 0 Å². The zero-order chi connectivity index (χ0) is 18.4. The quantitative estimate of drug-likeness (QED) is 0.516. The van der Waals surface area contributed by atoms with Crippen LogP contribution in [0.1, 0.15) is 36.5 Å². The van der Waals surface area contributed by atoms with E-state index in [-0.39, 0.29) is 35.4 Å². The first-order chi connectivity index (χ1) is 11.8. The highest BCUT2D eigenvalue weighted by molar-refractivity contribution is 7.89. The average Bonchev–Trinajstić information content (AvgIpc) is 3.39. The van der Waals surface area contributed by atoms with Gasteiger partial charge in [0.2, 0.25) is 10.0 Å². The lowest BCUT2D eigenvalue weighted by molar-refractivity contribution is -0.129. The predicted molar refractivity (Wildman–Crippen MR) is 87.9 cm³/mol. The van der Waals surface area contributed by atoms with Crippen LogP contribution in [0.15, 0.2) is 29.2 Å². The van der Waals surface area contributed by atoms with E-state index < -0.39 is 22.1 Å². The third kappa shape index (κ3) is 5.55. The molecule has 2 rings (SSSR count). The zero-order valence-corrected chi connectivity index (χ0v) is 14.5. The number of sulfonamides is 1. The third-order valence-corrected chi connectivity index (χ3v) is 4.98. The van der Waals surface area contributed by atoms with E-state index in [0.29, 0.717) is 0 Å². The van der Waals surface area contributed by atoms with Crippen LogP contribution in [0.5, 0.6) is 0 Å². The number of esters is 1. The maximum Gasteiger partial charge on any atom is 0.338 e. The Morgan fingerprint density at radius 3 is 2.52 bits per heavy atom. The van der Waals surface area contributed by atoms with Crippen LogP contribution in [0.25, 0.3) is 0 Å². The minimum Gasteiger partial charge on any atom is -0.449 e. The first kappa shape index (κ1) is 18.9. The van der Waals surface area contributed by atoms with Crippen molar-refractivity contribution < 1.29 is 22.7 Å².